The number of carbonyl (C=O) groups excluding carboxylic acids is 2. The van der Waals surface area contributed by atoms with Crippen LogP contribution in [0.2, 0.25) is 0 Å². The average Bonchev–Trinajstić information content (AvgIpc) is 2.83. The summed E-state index contributed by atoms with van der Waals surface area (Å²) >= 11 is 5.06. The number of amides is 2. The molecule has 3 aromatic carbocycles. The first-order valence-electron chi connectivity index (χ1n) is 9.81. The number of hydrogen-bond donors (Lipinski definition) is 3. The topological polar surface area (TPSA) is 123 Å². The van der Waals surface area contributed by atoms with E-state index in [9.17, 15) is 19.7 Å². The second-order valence-corrected chi connectivity index (χ2v) is 7.19. The van der Waals surface area contributed by atoms with Gasteiger partial charge < -0.3 is 4.74 Å². The summed E-state index contributed by atoms with van der Waals surface area (Å²) in [6, 6.07) is 23.9. The number of nitrogens with one attached hydrogen (secondary N) is 3. The molecule has 0 unspecified atom stereocenters. The fourth-order valence-electron chi connectivity index (χ4n) is 2.98. The van der Waals surface area contributed by atoms with E-state index in [0.717, 1.165) is 11.1 Å². The molecule has 3 aromatic rings. The van der Waals surface area contributed by atoms with Gasteiger partial charge in [0.2, 0.25) is 5.91 Å². The first-order valence-corrected chi connectivity index (χ1v) is 10.2. The molecule has 3 rings (SSSR count). The number of hydrazine groups is 1. The van der Waals surface area contributed by atoms with Crippen LogP contribution in [-0.4, -0.2) is 28.5 Å². The Kier molecular flexibility index (Phi) is 8.03. The summed E-state index contributed by atoms with van der Waals surface area (Å²) in [5.41, 5.74) is 6.56. The van der Waals surface area contributed by atoms with Crippen LogP contribution in [0.5, 0.6) is 5.75 Å². The lowest BCUT2D eigenvalue weighted by Crippen LogP contribution is -2.50. The van der Waals surface area contributed by atoms with Crippen LogP contribution in [0.4, 0.5) is 5.69 Å². The van der Waals surface area contributed by atoms with Gasteiger partial charge in [0.15, 0.2) is 11.7 Å². The van der Waals surface area contributed by atoms with Gasteiger partial charge in [-0.2, -0.15) is 0 Å². The van der Waals surface area contributed by atoms with E-state index in [4.69, 9.17) is 17.0 Å². The Balaban J connectivity index is 1.51. The van der Waals surface area contributed by atoms with Gasteiger partial charge >= 0.3 is 0 Å². The van der Waals surface area contributed by atoms with Crippen LogP contribution in [0.1, 0.15) is 17.0 Å². The average molecular weight is 465 g/mol. The van der Waals surface area contributed by atoms with E-state index < -0.39 is 16.7 Å². The van der Waals surface area contributed by atoms with Crippen molar-refractivity contribution in [3.05, 3.63) is 106 Å². The van der Waals surface area contributed by atoms with Gasteiger partial charge in [0, 0.05) is 12.1 Å². The van der Waals surface area contributed by atoms with Gasteiger partial charge in [0.1, 0.15) is 5.75 Å². The van der Waals surface area contributed by atoms with Crippen LogP contribution in [0, 0.1) is 10.1 Å². The number of carbonyl (C=O) groups is 2. The van der Waals surface area contributed by atoms with Gasteiger partial charge in [-0.1, -0.05) is 60.7 Å². The smallest absolute Gasteiger partial charge is 0.269 e. The van der Waals surface area contributed by atoms with Crippen LogP contribution in [0.15, 0.2) is 84.9 Å². The van der Waals surface area contributed by atoms with E-state index in [1.807, 2.05) is 60.7 Å². The Labute approximate surface area is 194 Å². The van der Waals surface area contributed by atoms with Crippen LogP contribution in [0.25, 0.3) is 0 Å². The van der Waals surface area contributed by atoms with E-state index in [-0.39, 0.29) is 29.1 Å². The van der Waals surface area contributed by atoms with Gasteiger partial charge in [-0.25, -0.2) is 0 Å². The van der Waals surface area contributed by atoms with Crippen LogP contribution in [0.3, 0.4) is 0 Å². The molecule has 0 aliphatic rings. The normalized spacial score (nSPS) is 10.2. The SMILES string of the molecule is O=C(COc1ccc([N+](=O)[O-])cc1)NC(=S)NNC(=O)C(c1ccccc1)c1ccccc1. The molecule has 2 amide bonds. The number of ether oxygens (including phenoxy) is 1. The van der Waals surface area contributed by atoms with E-state index in [2.05, 4.69) is 16.2 Å². The predicted molar refractivity (Wildman–Crippen MR) is 125 cm³/mol. The number of benzene rings is 3. The second-order valence-electron chi connectivity index (χ2n) is 6.79. The number of hydrogen-bond acceptors (Lipinski definition) is 6. The highest BCUT2D eigenvalue weighted by Gasteiger charge is 2.22. The molecule has 33 heavy (non-hydrogen) atoms. The first kappa shape index (κ1) is 23.4. The quantitative estimate of drug-likeness (QED) is 0.279. The van der Waals surface area contributed by atoms with Crippen LogP contribution in [-0.2, 0) is 9.59 Å². The highest BCUT2D eigenvalue weighted by Crippen LogP contribution is 2.24. The highest BCUT2D eigenvalue weighted by molar-refractivity contribution is 7.80. The maximum absolute atomic E-state index is 12.9. The van der Waals surface area contributed by atoms with Crippen molar-refractivity contribution >= 4 is 34.8 Å². The minimum atomic E-state index is -0.580. The number of rotatable bonds is 7. The molecule has 9 nitrogen and oxygen atoms in total. The molecule has 0 aliphatic carbocycles. The molecule has 0 atom stereocenters. The third-order valence-corrected chi connectivity index (χ3v) is 4.70. The van der Waals surface area contributed by atoms with Crippen molar-refractivity contribution in [1.29, 1.82) is 0 Å². The lowest BCUT2D eigenvalue weighted by atomic mass is 9.91. The van der Waals surface area contributed by atoms with Crippen LogP contribution < -0.4 is 20.9 Å². The minimum absolute atomic E-state index is 0.0859. The maximum Gasteiger partial charge on any atom is 0.269 e. The number of nitrogens with zero attached hydrogens (tertiary/aromatic N) is 1. The van der Waals surface area contributed by atoms with Gasteiger partial charge in [-0.05, 0) is 35.5 Å². The molecular formula is C23H20N4O5S. The largest absolute Gasteiger partial charge is 0.484 e. The molecule has 0 aliphatic heterocycles. The molecule has 0 radical (unpaired) electrons. The molecule has 0 fully saturated rings. The molecule has 0 saturated carbocycles. The van der Waals surface area contributed by atoms with E-state index in [1.165, 1.54) is 24.3 Å². The fourth-order valence-corrected chi connectivity index (χ4v) is 3.15. The van der Waals surface area contributed by atoms with Crippen molar-refractivity contribution in [1.82, 2.24) is 16.2 Å². The summed E-state index contributed by atoms with van der Waals surface area (Å²) in [6.45, 7) is -0.371. The van der Waals surface area contributed by atoms with Crippen molar-refractivity contribution in [3.63, 3.8) is 0 Å². The van der Waals surface area contributed by atoms with Crippen molar-refractivity contribution in [2.24, 2.45) is 0 Å². The van der Waals surface area contributed by atoms with Crippen molar-refractivity contribution in [2.45, 2.75) is 5.92 Å². The fraction of sp³-hybridized carbons (Fsp3) is 0.0870. The summed E-state index contributed by atoms with van der Waals surface area (Å²) in [7, 11) is 0. The molecule has 0 bridgehead atoms. The number of nitro benzene ring substituents is 1. The third kappa shape index (κ3) is 6.84. The monoisotopic (exact) mass is 464 g/mol. The lowest BCUT2D eigenvalue weighted by Gasteiger charge is -2.19. The summed E-state index contributed by atoms with van der Waals surface area (Å²) < 4.78 is 5.27. The van der Waals surface area contributed by atoms with Gasteiger partial charge in [0.05, 0.1) is 10.8 Å². The summed E-state index contributed by atoms with van der Waals surface area (Å²) in [5, 5.41) is 12.9. The summed E-state index contributed by atoms with van der Waals surface area (Å²) in [6.07, 6.45) is 0. The van der Waals surface area contributed by atoms with Gasteiger partial charge in [-0.3, -0.25) is 35.9 Å². The Morgan fingerprint density at radius 2 is 1.42 bits per heavy atom. The van der Waals surface area contributed by atoms with E-state index in [0.29, 0.717) is 0 Å². The molecule has 3 N–H and O–H groups in total. The van der Waals surface area contributed by atoms with Crippen molar-refractivity contribution < 1.29 is 19.2 Å². The Morgan fingerprint density at radius 3 is 1.94 bits per heavy atom. The summed E-state index contributed by atoms with van der Waals surface area (Å²) in [4.78, 5) is 35.1. The molecule has 0 heterocycles. The highest BCUT2D eigenvalue weighted by atomic mass is 32.1. The zero-order chi connectivity index (χ0) is 23.6. The van der Waals surface area contributed by atoms with Gasteiger partial charge in [-0.15, -0.1) is 0 Å². The Bertz CT molecular complexity index is 1090. The second kappa shape index (κ2) is 11.3. The Morgan fingerprint density at radius 1 is 0.879 bits per heavy atom. The van der Waals surface area contributed by atoms with E-state index >= 15 is 0 Å². The number of nitro groups is 1. The van der Waals surface area contributed by atoms with Gasteiger partial charge in [0.25, 0.3) is 11.6 Å². The van der Waals surface area contributed by atoms with Crippen LogP contribution >= 0.6 is 12.2 Å². The third-order valence-electron chi connectivity index (χ3n) is 4.50. The summed E-state index contributed by atoms with van der Waals surface area (Å²) in [5.74, 6) is -1.21. The predicted octanol–water partition coefficient (Wildman–Crippen LogP) is 2.83. The molecule has 0 saturated heterocycles. The molecule has 10 heteroatoms. The maximum atomic E-state index is 12.9. The number of non-ortho nitro benzene ring substituents is 1. The lowest BCUT2D eigenvalue weighted by molar-refractivity contribution is -0.384. The Hall–Kier alpha value is -4.31. The van der Waals surface area contributed by atoms with Crippen molar-refractivity contribution in [3.8, 4) is 5.75 Å². The first-order chi connectivity index (χ1) is 15.9. The molecular weight excluding hydrogens is 444 g/mol. The van der Waals surface area contributed by atoms with E-state index in [1.54, 1.807) is 0 Å². The molecule has 0 aromatic heterocycles. The van der Waals surface area contributed by atoms with Crippen molar-refractivity contribution in [2.75, 3.05) is 6.61 Å². The molecule has 168 valence electrons. The standard InChI is InChI=1S/C23H20N4O5S/c28-20(15-32-19-13-11-18(12-14-19)27(30)31)24-23(33)26-25-22(29)21(16-7-3-1-4-8-16)17-9-5-2-6-10-17/h1-14,21H,15H2,(H,25,29)(H2,24,26,28,33). The number of thiocarbonyl (C=S) groups is 1. The minimum Gasteiger partial charge on any atom is -0.484 e. The zero-order valence-electron chi connectivity index (χ0n) is 17.3. The molecule has 0 spiro atoms. The zero-order valence-corrected chi connectivity index (χ0v) is 18.1.